The highest BCUT2D eigenvalue weighted by molar-refractivity contribution is 7.15. The fourth-order valence-electron chi connectivity index (χ4n) is 2.40. The van der Waals surface area contributed by atoms with E-state index in [1.165, 1.54) is 16.0 Å². The molecule has 0 aliphatic rings. The first-order chi connectivity index (χ1) is 12.5. The Kier molecular flexibility index (Phi) is 5.41. The highest BCUT2D eigenvalue weighted by atomic mass is 35.5. The number of carbonyl (C=O) groups excluding carboxylic acids is 1. The van der Waals surface area contributed by atoms with Crippen molar-refractivity contribution < 1.29 is 14.7 Å². The van der Waals surface area contributed by atoms with Gasteiger partial charge in [-0.05, 0) is 24.6 Å². The molecule has 2 heterocycles. The summed E-state index contributed by atoms with van der Waals surface area (Å²) in [6, 6.07) is 8.53. The number of ketones is 1. The first kappa shape index (κ1) is 18.6. The third kappa shape index (κ3) is 3.38. The summed E-state index contributed by atoms with van der Waals surface area (Å²) >= 11 is 13.4. The number of halogens is 2. The van der Waals surface area contributed by atoms with Gasteiger partial charge in [0.1, 0.15) is 10.8 Å². The van der Waals surface area contributed by atoms with E-state index in [0.717, 1.165) is 4.88 Å². The first-order valence-electron chi connectivity index (χ1n) is 7.63. The van der Waals surface area contributed by atoms with E-state index in [1.54, 1.807) is 30.3 Å². The SMILES string of the molecule is CCc1cc(C(=O)c2ccccc2Cl)c(-n2nc(C(=O)O)nc2CCl)s1. The van der Waals surface area contributed by atoms with Crippen LogP contribution < -0.4 is 0 Å². The minimum Gasteiger partial charge on any atom is -0.475 e. The van der Waals surface area contributed by atoms with Crippen LogP contribution >= 0.6 is 34.5 Å². The number of benzene rings is 1. The number of hydrogen-bond donors (Lipinski definition) is 1. The molecule has 0 radical (unpaired) electrons. The van der Waals surface area contributed by atoms with Crippen LogP contribution in [0.4, 0.5) is 0 Å². The van der Waals surface area contributed by atoms with Gasteiger partial charge in [0.15, 0.2) is 5.78 Å². The molecular formula is C17H13Cl2N3O3S. The Bertz CT molecular complexity index is 997. The van der Waals surface area contributed by atoms with Crippen LogP contribution in [0.25, 0.3) is 5.00 Å². The van der Waals surface area contributed by atoms with Gasteiger partial charge in [-0.25, -0.2) is 14.5 Å². The number of hydrogen-bond acceptors (Lipinski definition) is 5. The summed E-state index contributed by atoms with van der Waals surface area (Å²) in [4.78, 5) is 29.1. The maximum Gasteiger partial charge on any atom is 0.375 e. The van der Waals surface area contributed by atoms with Crippen molar-refractivity contribution in [2.24, 2.45) is 0 Å². The summed E-state index contributed by atoms with van der Waals surface area (Å²) in [5, 5.41) is 14.0. The molecule has 0 fully saturated rings. The summed E-state index contributed by atoms with van der Waals surface area (Å²) in [5.41, 5.74) is 0.745. The van der Waals surface area contributed by atoms with Gasteiger partial charge >= 0.3 is 5.97 Å². The molecule has 3 rings (SSSR count). The molecule has 0 saturated heterocycles. The summed E-state index contributed by atoms with van der Waals surface area (Å²) < 4.78 is 1.32. The second kappa shape index (κ2) is 7.57. The van der Waals surface area contributed by atoms with Crippen molar-refractivity contribution in [3.8, 4) is 5.00 Å². The summed E-state index contributed by atoms with van der Waals surface area (Å²) in [6.07, 6.45) is 0.712. The zero-order chi connectivity index (χ0) is 18.8. The molecule has 2 aromatic heterocycles. The molecule has 26 heavy (non-hydrogen) atoms. The molecule has 1 aromatic carbocycles. The average Bonchev–Trinajstić information content (AvgIpc) is 3.25. The lowest BCUT2D eigenvalue weighted by Gasteiger charge is -2.06. The van der Waals surface area contributed by atoms with Gasteiger partial charge in [0, 0.05) is 10.4 Å². The number of aryl methyl sites for hydroxylation is 1. The topological polar surface area (TPSA) is 85.1 Å². The maximum absolute atomic E-state index is 13.0. The lowest BCUT2D eigenvalue weighted by Crippen LogP contribution is -2.08. The summed E-state index contributed by atoms with van der Waals surface area (Å²) in [7, 11) is 0. The average molecular weight is 410 g/mol. The van der Waals surface area contributed by atoms with Crippen LogP contribution in [0.2, 0.25) is 5.02 Å². The minimum atomic E-state index is -1.26. The highest BCUT2D eigenvalue weighted by Gasteiger charge is 2.24. The first-order valence-corrected chi connectivity index (χ1v) is 9.36. The number of carboxylic acid groups (broad SMARTS) is 1. The molecule has 0 unspecified atom stereocenters. The normalized spacial score (nSPS) is 10.9. The lowest BCUT2D eigenvalue weighted by atomic mass is 10.0. The number of rotatable bonds is 6. The van der Waals surface area contributed by atoms with E-state index in [2.05, 4.69) is 10.1 Å². The van der Waals surface area contributed by atoms with Gasteiger partial charge in [0.25, 0.3) is 5.82 Å². The van der Waals surface area contributed by atoms with E-state index in [9.17, 15) is 9.59 Å². The number of aromatic nitrogens is 3. The fraction of sp³-hybridized carbons (Fsp3) is 0.176. The molecule has 0 saturated carbocycles. The van der Waals surface area contributed by atoms with Gasteiger partial charge in [-0.1, -0.05) is 30.7 Å². The summed E-state index contributed by atoms with van der Waals surface area (Å²) in [6.45, 7) is 1.96. The number of carbonyl (C=O) groups is 2. The van der Waals surface area contributed by atoms with Gasteiger partial charge < -0.3 is 5.11 Å². The Balaban J connectivity index is 2.18. The molecule has 0 atom stereocenters. The Morgan fingerprint density at radius 1 is 1.27 bits per heavy atom. The third-order valence-electron chi connectivity index (χ3n) is 3.65. The number of aromatic carboxylic acids is 1. The van der Waals surface area contributed by atoms with E-state index in [1.807, 2.05) is 6.92 Å². The van der Waals surface area contributed by atoms with Crippen molar-refractivity contribution in [2.75, 3.05) is 0 Å². The van der Waals surface area contributed by atoms with Gasteiger partial charge in [-0.3, -0.25) is 4.79 Å². The molecule has 134 valence electrons. The number of nitrogens with zero attached hydrogens (tertiary/aromatic N) is 3. The highest BCUT2D eigenvalue weighted by Crippen LogP contribution is 2.31. The largest absolute Gasteiger partial charge is 0.475 e. The minimum absolute atomic E-state index is 0.0423. The van der Waals surface area contributed by atoms with Crippen molar-refractivity contribution in [2.45, 2.75) is 19.2 Å². The predicted octanol–water partition coefficient (Wildman–Crippen LogP) is 4.21. The smallest absolute Gasteiger partial charge is 0.375 e. The monoisotopic (exact) mass is 409 g/mol. The second-order valence-corrected chi connectivity index (χ2v) is 7.09. The maximum atomic E-state index is 13.0. The second-order valence-electron chi connectivity index (χ2n) is 5.30. The lowest BCUT2D eigenvalue weighted by molar-refractivity contribution is 0.0683. The van der Waals surface area contributed by atoms with Crippen LogP contribution in [0.15, 0.2) is 30.3 Å². The van der Waals surface area contributed by atoms with Crippen molar-refractivity contribution in [1.82, 2.24) is 14.8 Å². The third-order valence-corrected chi connectivity index (χ3v) is 5.48. The molecule has 3 aromatic rings. The van der Waals surface area contributed by atoms with Crippen molar-refractivity contribution in [3.05, 3.63) is 63.0 Å². The van der Waals surface area contributed by atoms with Gasteiger partial charge in [0.2, 0.25) is 0 Å². The van der Waals surface area contributed by atoms with Crippen molar-refractivity contribution >= 4 is 46.3 Å². The quantitative estimate of drug-likeness (QED) is 0.486. The molecule has 0 bridgehead atoms. The van der Waals surface area contributed by atoms with Crippen LogP contribution in [0, 0.1) is 0 Å². The Morgan fingerprint density at radius 2 is 2.00 bits per heavy atom. The van der Waals surface area contributed by atoms with Gasteiger partial charge in [0.05, 0.1) is 16.5 Å². The van der Waals surface area contributed by atoms with Crippen molar-refractivity contribution in [3.63, 3.8) is 0 Å². The van der Waals surface area contributed by atoms with Crippen LogP contribution in [-0.2, 0) is 12.3 Å². The van der Waals surface area contributed by atoms with Gasteiger partial charge in [-0.15, -0.1) is 28.0 Å². The Labute approximate surface area is 163 Å². The van der Waals surface area contributed by atoms with Gasteiger partial charge in [-0.2, -0.15) is 0 Å². The number of alkyl halides is 1. The fourth-order valence-corrected chi connectivity index (χ4v) is 3.86. The molecule has 0 amide bonds. The number of carboxylic acids is 1. The van der Waals surface area contributed by atoms with Crippen LogP contribution in [0.5, 0.6) is 0 Å². The van der Waals surface area contributed by atoms with Crippen LogP contribution in [-0.4, -0.2) is 31.6 Å². The van der Waals surface area contributed by atoms with Crippen LogP contribution in [0.3, 0.4) is 0 Å². The van der Waals surface area contributed by atoms with E-state index in [4.69, 9.17) is 28.3 Å². The molecule has 0 aliphatic heterocycles. The Hall–Kier alpha value is -2.22. The van der Waals surface area contributed by atoms with E-state index in [0.29, 0.717) is 27.6 Å². The molecule has 0 spiro atoms. The van der Waals surface area contributed by atoms with Crippen LogP contribution in [0.1, 0.15) is 44.2 Å². The standard InChI is InChI=1S/C17H13Cl2N3O3S/c1-2-9-7-11(14(23)10-5-3-4-6-12(10)19)16(26-9)22-13(8-18)20-15(21-22)17(24)25/h3-7H,2,8H2,1H3,(H,24,25). The van der Waals surface area contributed by atoms with E-state index < -0.39 is 5.97 Å². The van der Waals surface area contributed by atoms with Crippen molar-refractivity contribution in [1.29, 1.82) is 0 Å². The predicted molar refractivity (Wildman–Crippen MR) is 100 cm³/mol. The summed E-state index contributed by atoms with van der Waals surface area (Å²) in [5.74, 6) is -1.69. The molecule has 0 aliphatic carbocycles. The molecule has 1 N–H and O–H groups in total. The van der Waals surface area contributed by atoms with E-state index in [-0.39, 0.29) is 23.3 Å². The zero-order valence-corrected chi connectivity index (χ0v) is 15.9. The Morgan fingerprint density at radius 3 is 2.62 bits per heavy atom. The molecule has 6 nitrogen and oxygen atoms in total. The molecular weight excluding hydrogens is 397 g/mol. The zero-order valence-electron chi connectivity index (χ0n) is 13.6. The molecule has 9 heteroatoms. The number of thiophene rings is 1. The van der Waals surface area contributed by atoms with E-state index >= 15 is 0 Å².